The summed E-state index contributed by atoms with van der Waals surface area (Å²) in [5.74, 6) is 0.466. The highest BCUT2D eigenvalue weighted by molar-refractivity contribution is 5.88. The number of carbonyl (C=O) groups excluding carboxylic acids is 1. The van der Waals surface area contributed by atoms with Crippen molar-refractivity contribution < 1.29 is 14.3 Å². The fourth-order valence-electron chi connectivity index (χ4n) is 2.62. The largest absolute Gasteiger partial charge is 0.483 e. The van der Waals surface area contributed by atoms with Crippen molar-refractivity contribution in [3.63, 3.8) is 0 Å². The summed E-state index contributed by atoms with van der Waals surface area (Å²) in [6.07, 6.45) is 0. The lowest BCUT2D eigenvalue weighted by atomic mass is 10.1. The Morgan fingerprint density at radius 1 is 1.12 bits per heavy atom. The maximum atomic E-state index is 11.9. The minimum atomic E-state index is -0.181. The fraction of sp³-hybridized carbons (Fsp3) is 0.238. The van der Waals surface area contributed by atoms with E-state index in [4.69, 9.17) is 14.5 Å². The van der Waals surface area contributed by atoms with Gasteiger partial charge in [0.25, 0.3) is 5.91 Å². The summed E-state index contributed by atoms with van der Waals surface area (Å²) in [7, 11) is 1.60. The number of hydrogen-bond acceptors (Lipinski definition) is 4. The molecule has 0 bridgehead atoms. The van der Waals surface area contributed by atoms with Crippen LogP contribution >= 0.6 is 0 Å². The lowest BCUT2D eigenvalue weighted by Crippen LogP contribution is -2.31. The van der Waals surface area contributed by atoms with Crippen LogP contribution in [-0.4, -0.2) is 37.8 Å². The van der Waals surface area contributed by atoms with E-state index < -0.39 is 0 Å². The SMILES string of the molecule is COCCNC(=O)COc1cc(-c2ccc(C)cc2)nc2ccccc12. The number of nitrogens with one attached hydrogen (secondary N) is 1. The highest BCUT2D eigenvalue weighted by atomic mass is 16.5. The first-order chi connectivity index (χ1) is 12.7. The molecule has 0 saturated carbocycles. The maximum absolute atomic E-state index is 11.9. The average molecular weight is 350 g/mol. The van der Waals surface area contributed by atoms with Gasteiger partial charge >= 0.3 is 0 Å². The molecule has 1 heterocycles. The zero-order chi connectivity index (χ0) is 18.4. The molecule has 134 valence electrons. The molecular formula is C21H22N2O3. The Kier molecular flexibility index (Phi) is 5.81. The van der Waals surface area contributed by atoms with Gasteiger partial charge in [0, 0.05) is 30.7 Å². The van der Waals surface area contributed by atoms with Gasteiger partial charge in [-0.1, -0.05) is 42.0 Å². The second-order valence-corrected chi connectivity index (χ2v) is 6.02. The van der Waals surface area contributed by atoms with Crippen LogP contribution in [0.3, 0.4) is 0 Å². The van der Waals surface area contributed by atoms with Crippen LogP contribution in [0, 0.1) is 6.92 Å². The molecule has 3 rings (SSSR count). The van der Waals surface area contributed by atoms with E-state index in [0.717, 1.165) is 22.2 Å². The second kappa shape index (κ2) is 8.45. The molecule has 5 heteroatoms. The van der Waals surface area contributed by atoms with Crippen LogP contribution in [0.5, 0.6) is 5.75 Å². The number of benzene rings is 2. The summed E-state index contributed by atoms with van der Waals surface area (Å²) in [5, 5.41) is 3.63. The lowest BCUT2D eigenvalue weighted by molar-refractivity contribution is -0.123. The van der Waals surface area contributed by atoms with Gasteiger partial charge in [-0.2, -0.15) is 0 Å². The number of nitrogens with zero attached hydrogens (tertiary/aromatic N) is 1. The smallest absolute Gasteiger partial charge is 0.258 e. The number of amides is 1. The molecule has 3 aromatic rings. The predicted molar refractivity (Wildman–Crippen MR) is 102 cm³/mol. The molecule has 0 spiro atoms. The molecule has 1 aromatic heterocycles. The summed E-state index contributed by atoms with van der Waals surface area (Å²) in [4.78, 5) is 16.6. The van der Waals surface area contributed by atoms with Crippen LogP contribution in [0.1, 0.15) is 5.56 Å². The molecule has 0 aliphatic heterocycles. The van der Waals surface area contributed by atoms with E-state index in [1.807, 2.05) is 49.4 Å². The van der Waals surface area contributed by atoms with Crippen LogP contribution < -0.4 is 10.1 Å². The topological polar surface area (TPSA) is 60.5 Å². The highest BCUT2D eigenvalue weighted by Crippen LogP contribution is 2.30. The molecule has 1 amide bonds. The van der Waals surface area contributed by atoms with Gasteiger partial charge in [0.2, 0.25) is 0 Å². The van der Waals surface area contributed by atoms with Gasteiger partial charge in [0.1, 0.15) is 5.75 Å². The third-order valence-corrected chi connectivity index (χ3v) is 4.01. The number of rotatable bonds is 7. The van der Waals surface area contributed by atoms with E-state index in [-0.39, 0.29) is 12.5 Å². The fourth-order valence-corrected chi connectivity index (χ4v) is 2.62. The Labute approximate surface area is 153 Å². The van der Waals surface area contributed by atoms with Crippen molar-refractivity contribution in [1.82, 2.24) is 10.3 Å². The molecule has 0 saturated heterocycles. The quantitative estimate of drug-likeness (QED) is 0.664. The summed E-state index contributed by atoms with van der Waals surface area (Å²) in [6.45, 7) is 2.94. The molecule has 5 nitrogen and oxygen atoms in total. The second-order valence-electron chi connectivity index (χ2n) is 6.02. The van der Waals surface area contributed by atoms with Crippen molar-refractivity contribution in [3.05, 3.63) is 60.2 Å². The number of aromatic nitrogens is 1. The van der Waals surface area contributed by atoms with Crippen LogP contribution in [0.25, 0.3) is 22.2 Å². The zero-order valence-corrected chi connectivity index (χ0v) is 15.0. The van der Waals surface area contributed by atoms with Crippen LogP contribution in [0.2, 0.25) is 0 Å². The Morgan fingerprint density at radius 3 is 2.65 bits per heavy atom. The molecular weight excluding hydrogens is 328 g/mol. The standard InChI is InChI=1S/C21H22N2O3/c1-15-7-9-16(10-8-15)19-13-20(17-5-3-4-6-18(17)23-19)26-14-21(24)22-11-12-25-2/h3-10,13H,11-12,14H2,1-2H3,(H,22,24). The first kappa shape index (κ1) is 17.9. The summed E-state index contributed by atoms with van der Waals surface area (Å²) < 4.78 is 10.7. The average Bonchev–Trinajstić information content (AvgIpc) is 2.66. The van der Waals surface area contributed by atoms with E-state index in [2.05, 4.69) is 17.4 Å². The number of hydrogen-bond donors (Lipinski definition) is 1. The lowest BCUT2D eigenvalue weighted by Gasteiger charge is -2.12. The van der Waals surface area contributed by atoms with E-state index in [9.17, 15) is 4.79 Å². The Bertz CT molecular complexity index is 891. The number of aryl methyl sites for hydroxylation is 1. The van der Waals surface area contributed by atoms with Gasteiger partial charge in [-0.25, -0.2) is 4.98 Å². The summed E-state index contributed by atoms with van der Waals surface area (Å²) in [6, 6.07) is 17.8. The van der Waals surface area contributed by atoms with Gasteiger partial charge in [-0.15, -0.1) is 0 Å². The molecule has 1 N–H and O–H groups in total. The number of fused-ring (bicyclic) bond motifs is 1. The van der Waals surface area contributed by atoms with Crippen molar-refractivity contribution in [2.45, 2.75) is 6.92 Å². The molecule has 0 fully saturated rings. The van der Waals surface area contributed by atoms with E-state index in [1.54, 1.807) is 7.11 Å². The minimum Gasteiger partial charge on any atom is -0.483 e. The normalized spacial score (nSPS) is 10.7. The van der Waals surface area contributed by atoms with Crippen molar-refractivity contribution in [2.24, 2.45) is 0 Å². The third-order valence-electron chi connectivity index (χ3n) is 4.01. The van der Waals surface area contributed by atoms with Crippen molar-refractivity contribution in [2.75, 3.05) is 26.9 Å². The van der Waals surface area contributed by atoms with E-state index in [1.165, 1.54) is 5.56 Å². The Morgan fingerprint density at radius 2 is 1.88 bits per heavy atom. The number of ether oxygens (including phenoxy) is 2. The van der Waals surface area contributed by atoms with Gasteiger partial charge in [0.15, 0.2) is 6.61 Å². The Hall–Kier alpha value is -2.92. The first-order valence-corrected chi connectivity index (χ1v) is 8.52. The predicted octanol–water partition coefficient (Wildman–Crippen LogP) is 3.35. The third kappa shape index (κ3) is 4.37. The molecule has 2 aromatic carbocycles. The van der Waals surface area contributed by atoms with Crippen LogP contribution in [0.4, 0.5) is 0 Å². The number of pyridine rings is 1. The molecule has 0 unspecified atom stereocenters. The van der Waals surface area contributed by atoms with E-state index in [0.29, 0.717) is 18.9 Å². The van der Waals surface area contributed by atoms with Gasteiger partial charge in [0.05, 0.1) is 17.8 Å². The minimum absolute atomic E-state index is 0.0505. The van der Waals surface area contributed by atoms with Gasteiger partial charge in [-0.3, -0.25) is 4.79 Å². The molecule has 0 radical (unpaired) electrons. The van der Waals surface area contributed by atoms with Crippen molar-refractivity contribution in [1.29, 1.82) is 0 Å². The molecule has 0 aliphatic rings. The maximum Gasteiger partial charge on any atom is 0.258 e. The van der Waals surface area contributed by atoms with Crippen LogP contribution in [0.15, 0.2) is 54.6 Å². The Balaban J connectivity index is 1.86. The molecule has 26 heavy (non-hydrogen) atoms. The summed E-state index contributed by atoms with van der Waals surface area (Å²) in [5.41, 5.74) is 3.85. The number of carbonyl (C=O) groups is 1. The van der Waals surface area contributed by atoms with Gasteiger partial charge < -0.3 is 14.8 Å². The van der Waals surface area contributed by atoms with Crippen molar-refractivity contribution in [3.8, 4) is 17.0 Å². The molecule has 0 atom stereocenters. The number of methoxy groups -OCH3 is 1. The highest BCUT2D eigenvalue weighted by Gasteiger charge is 2.10. The monoisotopic (exact) mass is 350 g/mol. The summed E-state index contributed by atoms with van der Waals surface area (Å²) >= 11 is 0. The van der Waals surface area contributed by atoms with Crippen LogP contribution in [-0.2, 0) is 9.53 Å². The molecule has 0 aliphatic carbocycles. The number of para-hydroxylation sites is 1. The van der Waals surface area contributed by atoms with Gasteiger partial charge in [-0.05, 0) is 19.1 Å². The van der Waals surface area contributed by atoms with Crippen molar-refractivity contribution >= 4 is 16.8 Å². The zero-order valence-electron chi connectivity index (χ0n) is 15.0. The first-order valence-electron chi connectivity index (χ1n) is 8.52. The van der Waals surface area contributed by atoms with E-state index >= 15 is 0 Å².